The van der Waals surface area contributed by atoms with Gasteiger partial charge in [0.25, 0.3) is 0 Å². The fraction of sp³-hybridized carbons (Fsp3) is 0.600. The second kappa shape index (κ2) is 5.42. The van der Waals surface area contributed by atoms with Gasteiger partial charge in [-0.1, -0.05) is 6.08 Å². The van der Waals surface area contributed by atoms with Crippen molar-refractivity contribution in [2.45, 2.75) is 39.2 Å². The van der Waals surface area contributed by atoms with Gasteiger partial charge in [-0.05, 0) is 33.3 Å². The van der Waals surface area contributed by atoms with Gasteiger partial charge in [0.2, 0.25) is 5.91 Å². The molecule has 1 amide bonds. The maximum Gasteiger partial charge on any atom is 0.303 e. The van der Waals surface area contributed by atoms with E-state index in [4.69, 9.17) is 5.11 Å². The summed E-state index contributed by atoms with van der Waals surface area (Å²) in [6.45, 7) is 5.36. The predicted molar refractivity (Wildman–Crippen MR) is 53.9 cm³/mol. The summed E-state index contributed by atoms with van der Waals surface area (Å²) in [6, 6.07) is 0. The van der Waals surface area contributed by atoms with Gasteiger partial charge in [0.15, 0.2) is 0 Å². The average Bonchev–Trinajstić information content (AvgIpc) is 2.00. The van der Waals surface area contributed by atoms with Gasteiger partial charge >= 0.3 is 5.97 Å². The Morgan fingerprint density at radius 1 is 1.43 bits per heavy atom. The molecule has 0 rings (SSSR count). The molecule has 0 unspecified atom stereocenters. The normalized spacial score (nSPS) is 11.6. The summed E-state index contributed by atoms with van der Waals surface area (Å²) in [6.07, 6.45) is 3.54. The number of carboxylic acid groups (broad SMARTS) is 1. The summed E-state index contributed by atoms with van der Waals surface area (Å²) >= 11 is 0. The second-order valence-electron chi connectivity index (χ2n) is 3.77. The summed E-state index contributed by atoms with van der Waals surface area (Å²) in [5, 5.41) is 11.2. The van der Waals surface area contributed by atoms with E-state index in [9.17, 15) is 9.59 Å². The van der Waals surface area contributed by atoms with Crippen LogP contribution in [0.15, 0.2) is 12.2 Å². The quantitative estimate of drug-likeness (QED) is 0.656. The Bertz CT molecular complexity index is 244. The number of hydrogen-bond acceptors (Lipinski definition) is 2. The highest BCUT2D eigenvalue weighted by molar-refractivity contribution is 5.87. The Hall–Kier alpha value is -1.32. The van der Waals surface area contributed by atoms with Gasteiger partial charge < -0.3 is 10.4 Å². The van der Waals surface area contributed by atoms with Crippen molar-refractivity contribution in [1.82, 2.24) is 5.32 Å². The van der Waals surface area contributed by atoms with Crippen LogP contribution in [0.4, 0.5) is 0 Å². The zero-order valence-corrected chi connectivity index (χ0v) is 8.83. The molecule has 0 aromatic heterocycles. The van der Waals surface area contributed by atoms with Crippen molar-refractivity contribution in [3.05, 3.63) is 12.2 Å². The summed E-state index contributed by atoms with van der Waals surface area (Å²) in [5.74, 6) is -1.04. The third-order valence-corrected chi connectivity index (χ3v) is 1.74. The number of hydrogen-bond donors (Lipinski definition) is 2. The molecule has 4 nitrogen and oxygen atoms in total. The molecular formula is C10H17NO3. The van der Waals surface area contributed by atoms with E-state index >= 15 is 0 Å². The number of amides is 1. The highest BCUT2D eigenvalue weighted by atomic mass is 16.4. The first kappa shape index (κ1) is 12.7. The molecule has 0 saturated heterocycles. The Kier molecular flexibility index (Phi) is 4.91. The smallest absolute Gasteiger partial charge is 0.303 e. The molecule has 0 spiro atoms. The van der Waals surface area contributed by atoms with Crippen LogP contribution >= 0.6 is 0 Å². The summed E-state index contributed by atoms with van der Waals surface area (Å²) in [4.78, 5) is 21.5. The number of carbonyl (C=O) groups is 2. The van der Waals surface area contributed by atoms with Crippen molar-refractivity contribution in [3.8, 4) is 0 Å². The lowest BCUT2D eigenvalue weighted by atomic mass is 9.98. The Morgan fingerprint density at radius 2 is 2.00 bits per heavy atom. The lowest BCUT2D eigenvalue weighted by Crippen LogP contribution is -2.42. The minimum atomic E-state index is -0.849. The van der Waals surface area contributed by atoms with E-state index in [2.05, 4.69) is 5.32 Å². The molecule has 4 heteroatoms. The molecule has 0 fully saturated rings. The largest absolute Gasteiger partial charge is 0.481 e. The topological polar surface area (TPSA) is 66.4 Å². The van der Waals surface area contributed by atoms with E-state index in [1.807, 2.05) is 0 Å². The van der Waals surface area contributed by atoms with Crippen molar-refractivity contribution in [2.24, 2.45) is 0 Å². The molecular weight excluding hydrogens is 182 g/mol. The van der Waals surface area contributed by atoms with Crippen LogP contribution in [0.3, 0.4) is 0 Å². The molecule has 0 aliphatic rings. The van der Waals surface area contributed by atoms with E-state index in [1.165, 1.54) is 6.08 Å². The van der Waals surface area contributed by atoms with Crippen molar-refractivity contribution in [3.63, 3.8) is 0 Å². The number of nitrogens with one attached hydrogen (secondary N) is 1. The van der Waals surface area contributed by atoms with Crippen molar-refractivity contribution >= 4 is 11.9 Å². The van der Waals surface area contributed by atoms with Gasteiger partial charge in [-0.25, -0.2) is 0 Å². The molecule has 2 N–H and O–H groups in total. The first-order valence-corrected chi connectivity index (χ1v) is 4.54. The molecule has 0 aromatic rings. The molecule has 0 bridgehead atoms. The maximum absolute atomic E-state index is 11.2. The summed E-state index contributed by atoms with van der Waals surface area (Å²) in [7, 11) is 0. The van der Waals surface area contributed by atoms with Crippen LogP contribution in [-0.2, 0) is 9.59 Å². The van der Waals surface area contributed by atoms with Gasteiger partial charge in [0.1, 0.15) is 0 Å². The zero-order valence-electron chi connectivity index (χ0n) is 8.83. The van der Waals surface area contributed by atoms with Crippen LogP contribution in [0, 0.1) is 0 Å². The number of carboxylic acids is 1. The number of carbonyl (C=O) groups excluding carboxylic acids is 1. The van der Waals surface area contributed by atoms with Gasteiger partial charge in [-0.3, -0.25) is 9.59 Å². The Morgan fingerprint density at radius 3 is 2.43 bits per heavy atom. The van der Waals surface area contributed by atoms with Gasteiger partial charge in [-0.2, -0.15) is 0 Å². The molecule has 0 aliphatic carbocycles. The van der Waals surface area contributed by atoms with E-state index in [0.717, 1.165) is 0 Å². The molecule has 14 heavy (non-hydrogen) atoms. The highest BCUT2D eigenvalue weighted by Crippen LogP contribution is 2.10. The second-order valence-corrected chi connectivity index (χ2v) is 3.77. The molecule has 0 saturated carbocycles. The van der Waals surface area contributed by atoms with Gasteiger partial charge in [0, 0.05) is 12.0 Å². The van der Waals surface area contributed by atoms with Crippen LogP contribution in [0.1, 0.15) is 33.6 Å². The minimum Gasteiger partial charge on any atom is -0.481 e. The van der Waals surface area contributed by atoms with Crippen LogP contribution in [-0.4, -0.2) is 22.5 Å². The Balaban J connectivity index is 4.06. The molecule has 0 heterocycles. The fourth-order valence-corrected chi connectivity index (χ4v) is 1.01. The first-order valence-electron chi connectivity index (χ1n) is 4.54. The SMILES string of the molecule is CC=CC(=O)NC(C)(C)CCC(=O)O. The monoisotopic (exact) mass is 199 g/mol. The van der Waals surface area contributed by atoms with E-state index in [1.54, 1.807) is 26.8 Å². The summed E-state index contributed by atoms with van der Waals surface area (Å²) < 4.78 is 0. The third kappa shape index (κ3) is 6.22. The maximum atomic E-state index is 11.2. The minimum absolute atomic E-state index is 0.0587. The average molecular weight is 199 g/mol. The third-order valence-electron chi connectivity index (χ3n) is 1.74. The number of allylic oxidation sites excluding steroid dienone is 1. The van der Waals surface area contributed by atoms with Gasteiger partial charge in [0.05, 0.1) is 0 Å². The van der Waals surface area contributed by atoms with Crippen LogP contribution in [0.25, 0.3) is 0 Å². The molecule has 0 aromatic carbocycles. The number of rotatable bonds is 5. The van der Waals surface area contributed by atoms with Crippen LogP contribution < -0.4 is 5.32 Å². The fourth-order valence-electron chi connectivity index (χ4n) is 1.01. The van der Waals surface area contributed by atoms with Crippen LogP contribution in [0.5, 0.6) is 0 Å². The van der Waals surface area contributed by atoms with E-state index < -0.39 is 11.5 Å². The van der Waals surface area contributed by atoms with Gasteiger partial charge in [-0.15, -0.1) is 0 Å². The zero-order chi connectivity index (χ0) is 11.2. The van der Waals surface area contributed by atoms with E-state index in [-0.39, 0.29) is 12.3 Å². The molecule has 0 atom stereocenters. The van der Waals surface area contributed by atoms with E-state index in [0.29, 0.717) is 6.42 Å². The molecule has 80 valence electrons. The lowest BCUT2D eigenvalue weighted by molar-refractivity contribution is -0.137. The molecule has 0 aliphatic heterocycles. The van der Waals surface area contributed by atoms with Crippen molar-refractivity contribution in [2.75, 3.05) is 0 Å². The van der Waals surface area contributed by atoms with Crippen molar-refractivity contribution in [1.29, 1.82) is 0 Å². The van der Waals surface area contributed by atoms with Crippen LogP contribution in [0.2, 0.25) is 0 Å². The lowest BCUT2D eigenvalue weighted by Gasteiger charge is -2.24. The highest BCUT2D eigenvalue weighted by Gasteiger charge is 2.20. The predicted octanol–water partition coefficient (Wildman–Crippen LogP) is 1.32. The summed E-state index contributed by atoms with van der Waals surface area (Å²) in [5.41, 5.74) is -0.477. The first-order chi connectivity index (χ1) is 6.37. The Labute approximate surface area is 84.0 Å². The molecule has 0 radical (unpaired) electrons. The standard InChI is InChI=1S/C10H17NO3/c1-4-5-8(12)11-10(2,3)7-6-9(13)14/h4-5H,6-7H2,1-3H3,(H,11,12)(H,13,14). The number of aliphatic carboxylic acids is 1. The van der Waals surface area contributed by atoms with Crippen molar-refractivity contribution < 1.29 is 14.7 Å².